The summed E-state index contributed by atoms with van der Waals surface area (Å²) in [5, 5.41) is 0.480. The first-order valence-electron chi connectivity index (χ1n) is 6.25. The standard InChI is InChI=1S/C13H19ClN2O/c1-8(2)6-9(3)17-12-7-11(14)15-13(16-12)10-4-5-10/h7-10H,4-6H2,1-3H3. The van der Waals surface area contributed by atoms with E-state index in [0.29, 0.717) is 22.9 Å². The van der Waals surface area contributed by atoms with Crippen molar-refractivity contribution in [2.45, 2.75) is 52.1 Å². The van der Waals surface area contributed by atoms with Crippen LogP contribution in [0.4, 0.5) is 0 Å². The van der Waals surface area contributed by atoms with Crippen LogP contribution in [0.2, 0.25) is 5.15 Å². The Balaban J connectivity index is 2.04. The SMILES string of the molecule is CC(C)CC(C)Oc1cc(Cl)nc(C2CC2)n1. The zero-order valence-electron chi connectivity index (χ0n) is 10.6. The fourth-order valence-corrected chi connectivity index (χ4v) is 2.10. The second-order valence-corrected chi connectivity index (χ2v) is 5.61. The minimum absolute atomic E-state index is 0.160. The van der Waals surface area contributed by atoms with Gasteiger partial charge in [0.05, 0.1) is 6.10 Å². The maximum Gasteiger partial charge on any atom is 0.218 e. The van der Waals surface area contributed by atoms with E-state index >= 15 is 0 Å². The van der Waals surface area contributed by atoms with Crippen molar-refractivity contribution in [1.29, 1.82) is 0 Å². The van der Waals surface area contributed by atoms with Gasteiger partial charge in [0.2, 0.25) is 5.88 Å². The summed E-state index contributed by atoms with van der Waals surface area (Å²) in [5.41, 5.74) is 0. The first kappa shape index (κ1) is 12.6. The van der Waals surface area contributed by atoms with Crippen LogP contribution in [-0.4, -0.2) is 16.1 Å². The smallest absolute Gasteiger partial charge is 0.218 e. The van der Waals surface area contributed by atoms with Gasteiger partial charge >= 0.3 is 0 Å². The predicted molar refractivity (Wildman–Crippen MR) is 68.6 cm³/mol. The number of hydrogen-bond donors (Lipinski definition) is 0. The molecule has 1 fully saturated rings. The van der Waals surface area contributed by atoms with E-state index in [9.17, 15) is 0 Å². The molecule has 94 valence electrons. The molecule has 1 saturated carbocycles. The van der Waals surface area contributed by atoms with Crippen LogP contribution in [0.15, 0.2) is 6.07 Å². The molecule has 0 N–H and O–H groups in total. The summed E-state index contributed by atoms with van der Waals surface area (Å²) in [6.07, 6.45) is 3.51. The Kier molecular flexibility index (Phi) is 3.87. The van der Waals surface area contributed by atoms with Crippen LogP contribution >= 0.6 is 11.6 Å². The zero-order chi connectivity index (χ0) is 12.4. The third kappa shape index (κ3) is 3.84. The quantitative estimate of drug-likeness (QED) is 0.750. The Morgan fingerprint density at radius 3 is 2.65 bits per heavy atom. The van der Waals surface area contributed by atoms with Gasteiger partial charge in [-0.3, -0.25) is 0 Å². The van der Waals surface area contributed by atoms with Gasteiger partial charge in [-0.2, -0.15) is 4.98 Å². The van der Waals surface area contributed by atoms with Crippen LogP contribution in [0.1, 0.15) is 51.8 Å². The van der Waals surface area contributed by atoms with Crippen LogP contribution in [-0.2, 0) is 0 Å². The zero-order valence-corrected chi connectivity index (χ0v) is 11.4. The van der Waals surface area contributed by atoms with Gasteiger partial charge in [-0.15, -0.1) is 0 Å². The van der Waals surface area contributed by atoms with Gasteiger partial charge < -0.3 is 4.74 Å². The van der Waals surface area contributed by atoms with Crippen molar-refractivity contribution in [3.8, 4) is 5.88 Å². The largest absolute Gasteiger partial charge is 0.475 e. The van der Waals surface area contributed by atoms with Crippen molar-refractivity contribution < 1.29 is 4.74 Å². The molecule has 1 atom stereocenters. The fourth-order valence-electron chi connectivity index (χ4n) is 1.92. The summed E-state index contributed by atoms with van der Waals surface area (Å²) in [6.45, 7) is 6.43. The molecule has 1 aromatic heterocycles. The molecule has 0 aliphatic heterocycles. The summed E-state index contributed by atoms with van der Waals surface area (Å²) in [6, 6.07) is 1.70. The molecule has 0 aromatic carbocycles. The number of nitrogens with zero attached hydrogens (tertiary/aromatic N) is 2. The van der Waals surface area contributed by atoms with E-state index in [2.05, 4.69) is 30.7 Å². The van der Waals surface area contributed by atoms with E-state index in [0.717, 1.165) is 12.2 Å². The minimum atomic E-state index is 0.160. The van der Waals surface area contributed by atoms with Crippen molar-refractivity contribution in [3.63, 3.8) is 0 Å². The third-order valence-corrected chi connectivity index (χ3v) is 2.95. The van der Waals surface area contributed by atoms with E-state index in [1.807, 2.05) is 0 Å². The van der Waals surface area contributed by atoms with Crippen LogP contribution in [0.3, 0.4) is 0 Å². The molecule has 1 heterocycles. The summed E-state index contributed by atoms with van der Waals surface area (Å²) in [5.74, 6) is 2.56. The molecule has 0 spiro atoms. The number of halogens is 1. The van der Waals surface area contributed by atoms with E-state index < -0.39 is 0 Å². The molecular formula is C13H19ClN2O. The summed E-state index contributed by atoms with van der Waals surface area (Å²) < 4.78 is 5.79. The van der Waals surface area contributed by atoms with Gasteiger partial charge in [0.15, 0.2) is 0 Å². The molecule has 17 heavy (non-hydrogen) atoms. The van der Waals surface area contributed by atoms with E-state index in [4.69, 9.17) is 16.3 Å². The van der Waals surface area contributed by atoms with Crippen molar-refractivity contribution in [2.75, 3.05) is 0 Å². The fraction of sp³-hybridized carbons (Fsp3) is 0.692. The molecule has 0 saturated heterocycles. The number of hydrogen-bond acceptors (Lipinski definition) is 3. The van der Waals surface area contributed by atoms with Crippen LogP contribution in [0, 0.1) is 5.92 Å². The first-order chi connectivity index (χ1) is 8.04. The van der Waals surface area contributed by atoms with Gasteiger partial charge in [0.1, 0.15) is 11.0 Å². The lowest BCUT2D eigenvalue weighted by Gasteiger charge is -2.16. The lowest BCUT2D eigenvalue weighted by molar-refractivity contribution is 0.185. The predicted octanol–water partition coefficient (Wildman–Crippen LogP) is 3.82. The van der Waals surface area contributed by atoms with Gasteiger partial charge in [-0.25, -0.2) is 4.98 Å². The van der Waals surface area contributed by atoms with Gasteiger partial charge in [-0.05, 0) is 32.1 Å². The normalized spacial score (nSPS) is 17.2. The van der Waals surface area contributed by atoms with Crippen LogP contribution in [0.25, 0.3) is 0 Å². The summed E-state index contributed by atoms with van der Waals surface area (Å²) in [4.78, 5) is 8.66. The molecule has 0 amide bonds. The molecule has 4 heteroatoms. The van der Waals surface area contributed by atoms with E-state index in [1.54, 1.807) is 6.07 Å². The van der Waals surface area contributed by atoms with Crippen molar-refractivity contribution in [1.82, 2.24) is 9.97 Å². The highest BCUT2D eigenvalue weighted by molar-refractivity contribution is 6.29. The van der Waals surface area contributed by atoms with Crippen LogP contribution in [0.5, 0.6) is 5.88 Å². The lowest BCUT2D eigenvalue weighted by atomic mass is 10.1. The maximum atomic E-state index is 5.98. The average Bonchev–Trinajstić information content (AvgIpc) is 2.97. The molecule has 0 bridgehead atoms. The molecule has 1 aliphatic carbocycles. The monoisotopic (exact) mass is 254 g/mol. The highest BCUT2D eigenvalue weighted by atomic mass is 35.5. The number of aromatic nitrogens is 2. The lowest BCUT2D eigenvalue weighted by Crippen LogP contribution is -2.15. The van der Waals surface area contributed by atoms with Crippen molar-refractivity contribution in [2.24, 2.45) is 5.92 Å². The highest BCUT2D eigenvalue weighted by Crippen LogP contribution is 2.39. The van der Waals surface area contributed by atoms with E-state index in [-0.39, 0.29) is 6.10 Å². The first-order valence-corrected chi connectivity index (χ1v) is 6.63. The maximum absolute atomic E-state index is 5.98. The van der Waals surface area contributed by atoms with Gasteiger partial charge in [0, 0.05) is 12.0 Å². The number of rotatable bonds is 5. The molecule has 3 nitrogen and oxygen atoms in total. The Hall–Kier alpha value is -0.830. The Bertz CT molecular complexity index is 391. The number of ether oxygens (including phenoxy) is 1. The van der Waals surface area contributed by atoms with Crippen molar-refractivity contribution in [3.05, 3.63) is 17.0 Å². The minimum Gasteiger partial charge on any atom is -0.475 e. The molecule has 1 aliphatic rings. The van der Waals surface area contributed by atoms with Crippen molar-refractivity contribution >= 4 is 11.6 Å². The third-order valence-electron chi connectivity index (χ3n) is 2.76. The molecule has 1 aromatic rings. The van der Waals surface area contributed by atoms with E-state index in [1.165, 1.54) is 12.8 Å². The molecular weight excluding hydrogens is 236 g/mol. The van der Waals surface area contributed by atoms with Gasteiger partial charge in [0.25, 0.3) is 0 Å². The molecule has 0 radical (unpaired) electrons. The average molecular weight is 255 g/mol. The van der Waals surface area contributed by atoms with Crippen LogP contribution < -0.4 is 4.74 Å². The summed E-state index contributed by atoms with van der Waals surface area (Å²) >= 11 is 5.98. The second kappa shape index (κ2) is 5.21. The Labute approximate surface area is 108 Å². The Morgan fingerprint density at radius 1 is 1.35 bits per heavy atom. The highest BCUT2D eigenvalue weighted by Gasteiger charge is 2.27. The molecule has 2 rings (SSSR count). The topological polar surface area (TPSA) is 35.0 Å². The van der Waals surface area contributed by atoms with Gasteiger partial charge in [-0.1, -0.05) is 25.4 Å². The Morgan fingerprint density at radius 2 is 2.06 bits per heavy atom. The summed E-state index contributed by atoms with van der Waals surface area (Å²) in [7, 11) is 0. The second-order valence-electron chi connectivity index (χ2n) is 5.22. The molecule has 1 unspecified atom stereocenters.